The van der Waals surface area contributed by atoms with Crippen molar-refractivity contribution in [3.63, 3.8) is 0 Å². The van der Waals surface area contributed by atoms with E-state index in [9.17, 15) is 27.2 Å². The second-order valence-corrected chi connectivity index (χ2v) is 6.86. The highest BCUT2D eigenvalue weighted by Crippen LogP contribution is 2.51. The maximum absolute atomic E-state index is 13.4. The molecular weight excluding hydrogens is 378 g/mol. The first-order chi connectivity index (χ1) is 12.2. The summed E-state index contributed by atoms with van der Waals surface area (Å²) in [5.41, 5.74) is 0.293. The van der Waals surface area contributed by atoms with Crippen molar-refractivity contribution in [3.8, 4) is 0 Å². The van der Waals surface area contributed by atoms with Crippen LogP contribution in [0.15, 0.2) is 18.2 Å². The van der Waals surface area contributed by atoms with Crippen LogP contribution in [0.5, 0.6) is 0 Å². The summed E-state index contributed by atoms with van der Waals surface area (Å²) < 4.78 is 53.0. The molecule has 3 rings (SSSR count). The van der Waals surface area contributed by atoms with Gasteiger partial charge in [0.2, 0.25) is 5.91 Å². The third-order valence-electron chi connectivity index (χ3n) is 4.87. The summed E-state index contributed by atoms with van der Waals surface area (Å²) >= 11 is 5.76. The van der Waals surface area contributed by atoms with Gasteiger partial charge in [0, 0.05) is 6.54 Å². The monoisotopic (exact) mass is 393 g/mol. The molecular formula is C16H16ClF4N3O2. The van der Waals surface area contributed by atoms with Crippen molar-refractivity contribution >= 4 is 23.5 Å². The summed E-state index contributed by atoms with van der Waals surface area (Å²) in [5.74, 6) is -3.76. The first-order valence-electron chi connectivity index (χ1n) is 8.03. The average Bonchev–Trinajstić information content (AvgIpc) is 2.93. The van der Waals surface area contributed by atoms with Gasteiger partial charge in [-0.3, -0.25) is 4.79 Å². The van der Waals surface area contributed by atoms with E-state index in [1.807, 2.05) is 0 Å². The van der Waals surface area contributed by atoms with Gasteiger partial charge in [0.25, 0.3) is 0 Å². The molecule has 2 fully saturated rings. The van der Waals surface area contributed by atoms with Crippen LogP contribution in [0.3, 0.4) is 0 Å². The molecule has 3 amide bonds. The molecule has 26 heavy (non-hydrogen) atoms. The number of benzene rings is 1. The van der Waals surface area contributed by atoms with Crippen LogP contribution in [0.4, 0.5) is 22.4 Å². The maximum atomic E-state index is 13.4. The lowest BCUT2D eigenvalue weighted by Crippen LogP contribution is -2.50. The zero-order valence-corrected chi connectivity index (χ0v) is 14.1. The van der Waals surface area contributed by atoms with Crippen molar-refractivity contribution in [3.05, 3.63) is 34.6 Å². The highest BCUT2D eigenvalue weighted by molar-refractivity contribution is 6.30. The molecule has 1 heterocycles. The molecule has 0 bridgehead atoms. The van der Waals surface area contributed by atoms with Gasteiger partial charge in [-0.2, -0.15) is 13.2 Å². The minimum atomic E-state index is -4.39. The molecule has 2 aliphatic rings. The third kappa shape index (κ3) is 3.72. The van der Waals surface area contributed by atoms with Crippen molar-refractivity contribution in [2.45, 2.75) is 31.1 Å². The quantitative estimate of drug-likeness (QED) is 0.688. The molecule has 1 saturated carbocycles. The fraction of sp³-hybridized carbons (Fsp3) is 0.500. The maximum Gasteiger partial charge on any atom is 0.392 e. The van der Waals surface area contributed by atoms with E-state index in [0.29, 0.717) is 5.56 Å². The predicted octanol–water partition coefficient (Wildman–Crippen LogP) is 2.91. The van der Waals surface area contributed by atoms with E-state index in [1.54, 1.807) is 0 Å². The van der Waals surface area contributed by atoms with E-state index in [1.165, 1.54) is 12.1 Å². The number of urea groups is 1. The van der Waals surface area contributed by atoms with Crippen molar-refractivity contribution in [2.75, 3.05) is 6.54 Å². The summed E-state index contributed by atoms with van der Waals surface area (Å²) in [6, 6.07) is 1.19. The van der Waals surface area contributed by atoms with E-state index >= 15 is 0 Å². The molecule has 1 saturated heterocycles. The van der Waals surface area contributed by atoms with E-state index in [4.69, 9.17) is 11.6 Å². The summed E-state index contributed by atoms with van der Waals surface area (Å²) in [6.07, 6.45) is -4.16. The highest BCUT2D eigenvalue weighted by atomic mass is 35.5. The van der Waals surface area contributed by atoms with E-state index < -0.39 is 47.9 Å². The first-order valence-corrected chi connectivity index (χ1v) is 8.41. The van der Waals surface area contributed by atoms with Crippen LogP contribution in [0, 0.1) is 17.7 Å². The minimum Gasteiger partial charge on any atom is -0.347 e. The van der Waals surface area contributed by atoms with Crippen molar-refractivity contribution < 1.29 is 27.2 Å². The summed E-state index contributed by atoms with van der Waals surface area (Å²) in [6.45, 7) is 0.0366. The third-order valence-corrected chi connectivity index (χ3v) is 5.16. The Hall–Kier alpha value is -2.03. The minimum absolute atomic E-state index is 0.0306. The van der Waals surface area contributed by atoms with Crippen LogP contribution in [0.1, 0.15) is 24.4 Å². The molecule has 1 aromatic rings. The van der Waals surface area contributed by atoms with Gasteiger partial charge >= 0.3 is 12.2 Å². The number of carbonyl (C=O) groups excluding carboxylic acids is 2. The van der Waals surface area contributed by atoms with Gasteiger partial charge in [0.05, 0.1) is 17.0 Å². The lowest BCUT2D eigenvalue weighted by atomic mass is 9.67. The smallest absolute Gasteiger partial charge is 0.347 e. The number of alkyl halides is 3. The molecule has 1 aliphatic heterocycles. The lowest BCUT2D eigenvalue weighted by molar-refractivity contribution is -0.217. The Bertz CT molecular complexity index is 728. The van der Waals surface area contributed by atoms with Crippen LogP contribution in [0.2, 0.25) is 5.02 Å². The van der Waals surface area contributed by atoms with Gasteiger partial charge in [0.1, 0.15) is 11.9 Å². The molecule has 4 atom stereocenters. The number of hydrogen-bond acceptors (Lipinski definition) is 2. The zero-order chi connectivity index (χ0) is 19.1. The SMILES string of the molecule is O=C1NC[C@@H](C(=O)N[C@H](c2ccc(F)c(Cl)c2)[C@@H]2CC[C@H]2C(F)(F)F)N1. The molecule has 10 heteroatoms. The molecule has 3 N–H and O–H groups in total. The number of rotatable bonds is 4. The van der Waals surface area contributed by atoms with E-state index in [2.05, 4.69) is 16.0 Å². The lowest BCUT2D eigenvalue weighted by Gasteiger charge is -2.43. The van der Waals surface area contributed by atoms with Gasteiger partial charge in [-0.25, -0.2) is 9.18 Å². The van der Waals surface area contributed by atoms with Gasteiger partial charge < -0.3 is 16.0 Å². The molecule has 1 aromatic carbocycles. The van der Waals surface area contributed by atoms with Gasteiger partial charge in [0.15, 0.2) is 0 Å². The predicted molar refractivity (Wildman–Crippen MR) is 84.9 cm³/mol. The van der Waals surface area contributed by atoms with E-state index in [0.717, 1.165) is 6.07 Å². The summed E-state index contributed by atoms with van der Waals surface area (Å²) in [5, 5.41) is 7.12. The Morgan fingerprint density at radius 2 is 2.04 bits per heavy atom. The molecule has 0 unspecified atom stereocenters. The Morgan fingerprint density at radius 3 is 2.54 bits per heavy atom. The van der Waals surface area contributed by atoms with E-state index in [-0.39, 0.29) is 24.4 Å². The summed E-state index contributed by atoms with van der Waals surface area (Å²) in [7, 11) is 0. The van der Waals surface area contributed by atoms with Crippen LogP contribution < -0.4 is 16.0 Å². The van der Waals surface area contributed by atoms with Crippen molar-refractivity contribution in [1.82, 2.24) is 16.0 Å². The van der Waals surface area contributed by atoms with Crippen LogP contribution in [-0.4, -0.2) is 30.7 Å². The normalized spacial score (nSPS) is 26.5. The molecule has 0 spiro atoms. The Kier molecular flexibility index (Phi) is 5.01. The topological polar surface area (TPSA) is 70.2 Å². The molecule has 1 aliphatic carbocycles. The summed E-state index contributed by atoms with van der Waals surface area (Å²) in [4.78, 5) is 23.5. The van der Waals surface area contributed by atoms with Crippen molar-refractivity contribution in [1.29, 1.82) is 0 Å². The van der Waals surface area contributed by atoms with Crippen LogP contribution >= 0.6 is 11.6 Å². The first kappa shape index (κ1) is 18.8. The molecule has 0 aromatic heterocycles. The van der Waals surface area contributed by atoms with Crippen LogP contribution in [-0.2, 0) is 4.79 Å². The average molecular weight is 394 g/mol. The largest absolute Gasteiger partial charge is 0.392 e. The van der Waals surface area contributed by atoms with Gasteiger partial charge in [-0.1, -0.05) is 17.7 Å². The molecule has 5 nitrogen and oxygen atoms in total. The fourth-order valence-corrected chi connectivity index (χ4v) is 3.53. The zero-order valence-electron chi connectivity index (χ0n) is 13.4. The van der Waals surface area contributed by atoms with Gasteiger partial charge in [-0.15, -0.1) is 0 Å². The number of hydrogen-bond donors (Lipinski definition) is 3. The number of nitrogens with one attached hydrogen (secondary N) is 3. The van der Waals surface area contributed by atoms with Crippen LogP contribution in [0.25, 0.3) is 0 Å². The Labute approximate surface area is 151 Å². The van der Waals surface area contributed by atoms with Gasteiger partial charge in [-0.05, 0) is 36.5 Å². The highest BCUT2D eigenvalue weighted by Gasteiger charge is 2.53. The number of carbonyl (C=O) groups is 2. The second-order valence-electron chi connectivity index (χ2n) is 6.46. The fourth-order valence-electron chi connectivity index (χ4n) is 3.34. The molecule has 142 valence electrons. The Balaban J connectivity index is 1.85. The molecule has 0 radical (unpaired) electrons. The van der Waals surface area contributed by atoms with Crippen molar-refractivity contribution in [2.24, 2.45) is 11.8 Å². The Morgan fingerprint density at radius 1 is 1.31 bits per heavy atom. The number of amides is 3. The second kappa shape index (κ2) is 6.94. The number of halogens is 5. The standard InChI is InChI=1S/C16H16ClF4N3O2/c17-10-5-7(1-4-11(10)18)13(8-2-3-9(8)16(19,20)21)24-14(25)12-6-22-15(26)23-12/h1,4-5,8-9,12-13H,2-3,6H2,(H,24,25)(H2,22,23,26)/t8-,9-,12+,13-/m1/s1.